The van der Waals surface area contributed by atoms with E-state index in [9.17, 15) is 0 Å². The molecule has 7 aliphatic rings. The van der Waals surface area contributed by atoms with Gasteiger partial charge in [0.1, 0.15) is 0 Å². The standard InChI is InChI=1S/C25H29.C10H14.C5H5.2ClH.Ti/c1-3-7-18(8-4-1)20-11-13-22-15-23-14-12-21(17-25(23)24(22)16-20)19-9-5-2-6-10-19;1-7-2-9-4-8(1)5-10(3-7)6-9;1-2-4-5-3-1;;;/h11-19H,1-10H2;7-10H,1-5H2;1-3H,4H2;2*1H;/q-1;;-1;;;+2/p-2. The Balaban J connectivity index is 0.000000168. The van der Waals surface area contributed by atoms with Crippen LogP contribution in [0.25, 0.3) is 21.5 Å². The van der Waals surface area contributed by atoms with E-state index in [0.29, 0.717) is 0 Å². The fourth-order valence-corrected chi connectivity index (χ4v) is 10.2. The van der Waals surface area contributed by atoms with Gasteiger partial charge >= 0.3 is 79.6 Å². The van der Waals surface area contributed by atoms with Crippen molar-refractivity contribution in [2.75, 3.05) is 0 Å². The SMILES string of the molecule is [C-]1=CC=CC1.[Cl-].[Cl-].[Ti+2]=[C]1C2CC3CC(C2)CC1C3.c1cc2[cH-]c3ccc(C4CCCCC4)cc3c2cc1C1CCCCC1. The van der Waals surface area contributed by atoms with E-state index in [1.54, 1.807) is 43.2 Å². The molecule has 3 aromatic rings. The van der Waals surface area contributed by atoms with Gasteiger partial charge in [0.2, 0.25) is 0 Å². The van der Waals surface area contributed by atoms with Crippen molar-refractivity contribution in [1.29, 1.82) is 0 Å². The van der Waals surface area contributed by atoms with Crippen LogP contribution in [-0.2, 0) is 20.0 Å². The normalized spacial score (nSPS) is 27.7. The van der Waals surface area contributed by atoms with E-state index in [4.69, 9.17) is 0 Å². The van der Waals surface area contributed by atoms with Gasteiger partial charge in [0, 0.05) is 0 Å². The molecule has 7 aliphatic carbocycles. The van der Waals surface area contributed by atoms with Crippen LogP contribution >= 0.6 is 0 Å². The summed E-state index contributed by atoms with van der Waals surface area (Å²) in [6.07, 6.45) is 31.9. The van der Waals surface area contributed by atoms with Crippen LogP contribution in [0.15, 0.2) is 60.7 Å². The molecule has 0 atom stereocenters. The molecule has 0 aromatic heterocycles. The molecule has 0 heterocycles. The molecule has 43 heavy (non-hydrogen) atoms. The van der Waals surface area contributed by atoms with Gasteiger partial charge in [-0.3, -0.25) is 6.08 Å². The van der Waals surface area contributed by atoms with Gasteiger partial charge in [-0.05, 0) is 37.5 Å². The predicted octanol–water partition coefficient (Wildman–Crippen LogP) is 5.28. The van der Waals surface area contributed by atoms with E-state index >= 15 is 0 Å². The Morgan fingerprint density at radius 2 is 1.09 bits per heavy atom. The molecule has 3 aromatic carbocycles. The maximum Gasteiger partial charge on any atom is -0.0175 e. The third kappa shape index (κ3) is 7.68. The van der Waals surface area contributed by atoms with Crippen LogP contribution in [-0.4, -0.2) is 3.81 Å². The quantitative estimate of drug-likeness (QED) is 0.263. The van der Waals surface area contributed by atoms with Crippen LogP contribution in [0, 0.1) is 29.7 Å². The second kappa shape index (κ2) is 15.5. The molecule has 0 aliphatic heterocycles. The number of fused-ring (bicyclic) bond motifs is 3. The second-order valence-corrected chi connectivity index (χ2v) is 15.2. The third-order valence-electron chi connectivity index (χ3n) is 11.5. The average molecular weight is 648 g/mol. The maximum absolute atomic E-state index is 2.99. The second-order valence-electron chi connectivity index (χ2n) is 14.3. The molecule has 0 N–H and O–H groups in total. The molecule has 0 amide bonds. The summed E-state index contributed by atoms with van der Waals surface area (Å²) in [7, 11) is 0. The molecule has 0 nitrogen and oxygen atoms in total. The predicted molar refractivity (Wildman–Crippen MR) is 172 cm³/mol. The molecular formula is C40H48Cl2Ti-2. The first-order valence-corrected chi connectivity index (χ1v) is 17.9. The molecule has 0 saturated heterocycles. The van der Waals surface area contributed by atoms with E-state index in [1.807, 2.05) is 16.0 Å². The van der Waals surface area contributed by atoms with Gasteiger partial charge in [-0.15, -0.1) is 46.2 Å². The van der Waals surface area contributed by atoms with E-state index in [-0.39, 0.29) is 24.8 Å². The van der Waals surface area contributed by atoms with Crippen molar-refractivity contribution in [2.24, 2.45) is 23.7 Å². The Morgan fingerprint density at radius 1 is 0.605 bits per heavy atom. The van der Waals surface area contributed by atoms with Crippen LogP contribution in [0.1, 0.15) is 126 Å². The van der Waals surface area contributed by atoms with E-state index in [1.165, 1.54) is 85.8 Å². The summed E-state index contributed by atoms with van der Waals surface area (Å²) < 4.78 is 1.87. The zero-order chi connectivity index (χ0) is 27.6. The first-order chi connectivity index (χ1) is 20.2. The van der Waals surface area contributed by atoms with Crippen LogP contribution in [0.3, 0.4) is 0 Å². The van der Waals surface area contributed by atoms with Crippen molar-refractivity contribution in [3.05, 3.63) is 77.9 Å². The van der Waals surface area contributed by atoms with E-state index < -0.39 is 0 Å². The van der Waals surface area contributed by atoms with Crippen molar-refractivity contribution < 1.29 is 44.8 Å². The molecule has 10 rings (SSSR count). The summed E-state index contributed by atoms with van der Waals surface area (Å²) in [6.45, 7) is 0. The average Bonchev–Trinajstić information content (AvgIpc) is 3.72. The number of rotatable bonds is 2. The van der Waals surface area contributed by atoms with Gasteiger partial charge in [-0.25, -0.2) is 12.2 Å². The molecule has 6 fully saturated rings. The summed E-state index contributed by atoms with van der Waals surface area (Å²) in [6, 6.07) is 17.0. The van der Waals surface area contributed by atoms with Crippen LogP contribution < -0.4 is 24.8 Å². The zero-order valence-electron chi connectivity index (χ0n) is 25.8. The van der Waals surface area contributed by atoms with Crippen molar-refractivity contribution in [3.63, 3.8) is 0 Å². The summed E-state index contributed by atoms with van der Waals surface area (Å²) in [5, 5.41) is 5.84. The maximum atomic E-state index is 2.99. The molecule has 6 saturated carbocycles. The Labute approximate surface area is 284 Å². The zero-order valence-corrected chi connectivity index (χ0v) is 28.9. The molecule has 228 valence electrons. The van der Waals surface area contributed by atoms with E-state index in [2.05, 4.69) is 74.6 Å². The fraction of sp³-hybridized carbons (Fsp3) is 0.550. The van der Waals surface area contributed by atoms with Gasteiger partial charge < -0.3 is 24.8 Å². The first-order valence-electron chi connectivity index (χ1n) is 17.1. The van der Waals surface area contributed by atoms with Crippen molar-refractivity contribution >= 4 is 25.4 Å². The molecular weight excluding hydrogens is 599 g/mol. The molecule has 0 radical (unpaired) electrons. The molecule has 3 heteroatoms. The Hall–Kier alpha value is -1.05. The van der Waals surface area contributed by atoms with Gasteiger partial charge in [-0.2, -0.15) is 6.08 Å². The topological polar surface area (TPSA) is 0 Å². The molecule has 4 bridgehead atoms. The fourth-order valence-electron chi connectivity index (χ4n) is 9.45. The number of benzene rings is 2. The summed E-state index contributed by atoms with van der Waals surface area (Å²) >= 11 is 2.42. The smallest absolute Gasteiger partial charge is 0.0175 e. The van der Waals surface area contributed by atoms with Gasteiger partial charge in [-0.1, -0.05) is 73.9 Å². The molecule has 0 unspecified atom stereocenters. The number of hydrogen-bond donors (Lipinski definition) is 0. The minimum atomic E-state index is 0. The summed E-state index contributed by atoms with van der Waals surface area (Å²) in [5.74, 6) is 5.99. The summed E-state index contributed by atoms with van der Waals surface area (Å²) in [4.78, 5) is 0. The van der Waals surface area contributed by atoms with Gasteiger partial charge in [0.25, 0.3) is 0 Å². The first kappa shape index (κ1) is 33.3. The van der Waals surface area contributed by atoms with Crippen LogP contribution in [0.4, 0.5) is 0 Å². The third-order valence-corrected chi connectivity index (χ3v) is 12.8. The van der Waals surface area contributed by atoms with Crippen molar-refractivity contribution in [3.8, 4) is 0 Å². The monoisotopic (exact) mass is 646 g/mol. The van der Waals surface area contributed by atoms with Gasteiger partial charge in [0.15, 0.2) is 0 Å². The summed E-state index contributed by atoms with van der Waals surface area (Å²) in [5.41, 5.74) is 3.17. The Bertz CT molecular complexity index is 1300. The van der Waals surface area contributed by atoms with E-state index in [0.717, 1.165) is 41.9 Å². The van der Waals surface area contributed by atoms with Crippen molar-refractivity contribution in [1.82, 2.24) is 0 Å². The minimum absolute atomic E-state index is 0. The van der Waals surface area contributed by atoms with Crippen LogP contribution in [0.2, 0.25) is 0 Å². The van der Waals surface area contributed by atoms with Crippen molar-refractivity contribution in [2.45, 2.75) is 115 Å². The number of halogens is 2. The van der Waals surface area contributed by atoms with Gasteiger partial charge in [0.05, 0.1) is 0 Å². The number of hydrogen-bond acceptors (Lipinski definition) is 0. The number of allylic oxidation sites excluding steroid dienone is 4. The largest absolute Gasteiger partial charge is 0.126 e. The Morgan fingerprint density at radius 3 is 1.49 bits per heavy atom. The van der Waals surface area contributed by atoms with Crippen LogP contribution in [0.5, 0.6) is 0 Å². The Kier molecular flexibility index (Phi) is 12.0. The minimum Gasteiger partial charge on any atom is -0.126 e. The molecule has 0 spiro atoms.